The lowest BCUT2D eigenvalue weighted by Crippen LogP contribution is -2.30. The highest BCUT2D eigenvalue weighted by Crippen LogP contribution is 2.41. The Morgan fingerprint density at radius 3 is 2.34 bits per heavy atom. The van der Waals surface area contributed by atoms with Crippen molar-refractivity contribution >= 4 is 33.0 Å². The number of benzene rings is 2. The lowest BCUT2D eigenvalue weighted by atomic mass is 9.87. The van der Waals surface area contributed by atoms with E-state index in [4.69, 9.17) is 0 Å². The van der Waals surface area contributed by atoms with Gasteiger partial charge in [0, 0.05) is 17.3 Å². The van der Waals surface area contributed by atoms with Gasteiger partial charge in [0.1, 0.15) is 11.5 Å². The second-order valence-electron chi connectivity index (χ2n) is 10.9. The predicted molar refractivity (Wildman–Crippen MR) is 149 cm³/mol. The molecule has 1 aliphatic heterocycles. The smallest absolute Gasteiger partial charge is 0.338 e. The van der Waals surface area contributed by atoms with Gasteiger partial charge in [-0.25, -0.2) is 13.4 Å². The third-order valence-electron chi connectivity index (χ3n) is 6.73. The summed E-state index contributed by atoms with van der Waals surface area (Å²) in [6, 6.07) is 15.2. The number of alkyl halides is 3. The third-order valence-corrected chi connectivity index (χ3v) is 8.51. The average molecular weight is 584 g/mol. The van der Waals surface area contributed by atoms with E-state index in [9.17, 15) is 26.4 Å². The predicted octanol–water partition coefficient (Wildman–Crippen LogP) is 6.30. The molecule has 2 aromatic carbocycles. The minimum atomic E-state index is -4.67. The zero-order chi connectivity index (χ0) is 29.7. The Kier molecular flexibility index (Phi) is 6.93. The van der Waals surface area contributed by atoms with Crippen molar-refractivity contribution in [1.82, 2.24) is 14.8 Å². The molecule has 0 spiro atoms. The zero-order valence-electron chi connectivity index (χ0n) is 22.8. The highest BCUT2D eigenvalue weighted by molar-refractivity contribution is 7.92. The van der Waals surface area contributed by atoms with E-state index in [0.717, 1.165) is 15.9 Å². The molecule has 2 aromatic heterocycles. The van der Waals surface area contributed by atoms with Crippen LogP contribution in [-0.4, -0.2) is 29.0 Å². The highest BCUT2D eigenvalue weighted by Gasteiger charge is 2.36. The van der Waals surface area contributed by atoms with E-state index in [1.54, 1.807) is 42.6 Å². The molecule has 0 aliphatic carbocycles. The number of aromatic nitrogens is 3. The molecule has 214 valence electrons. The first-order chi connectivity index (χ1) is 19.1. The van der Waals surface area contributed by atoms with Gasteiger partial charge in [0.15, 0.2) is 5.78 Å². The molecule has 8 nitrogen and oxygen atoms in total. The number of fused-ring (bicyclic) bond motifs is 2. The van der Waals surface area contributed by atoms with Gasteiger partial charge in [-0.05, 0) is 54.3 Å². The lowest BCUT2D eigenvalue weighted by molar-refractivity contribution is -0.141. The number of carbonyl (C=O) groups excluding carboxylic acids is 1. The van der Waals surface area contributed by atoms with Gasteiger partial charge in [-0.3, -0.25) is 13.8 Å². The molecule has 0 amide bonds. The Bertz CT molecular complexity index is 1740. The number of sulfonamides is 1. The van der Waals surface area contributed by atoms with Crippen molar-refractivity contribution in [2.75, 3.05) is 9.62 Å². The van der Waals surface area contributed by atoms with Crippen LogP contribution >= 0.6 is 0 Å². The van der Waals surface area contributed by atoms with Gasteiger partial charge >= 0.3 is 6.18 Å². The van der Waals surface area contributed by atoms with Crippen LogP contribution in [0.3, 0.4) is 0 Å². The number of carbonyl (C=O) groups is 1. The number of hydrogen-bond donors (Lipinski definition) is 1. The van der Waals surface area contributed by atoms with Crippen LogP contribution in [0.4, 0.5) is 30.4 Å². The number of halogens is 3. The van der Waals surface area contributed by atoms with Crippen molar-refractivity contribution in [3.63, 3.8) is 0 Å². The number of pyridine rings is 1. The second-order valence-corrected chi connectivity index (χ2v) is 12.8. The Morgan fingerprint density at radius 2 is 1.71 bits per heavy atom. The largest absolute Gasteiger partial charge is 0.433 e. The van der Waals surface area contributed by atoms with Crippen molar-refractivity contribution in [3.05, 3.63) is 83.7 Å². The third kappa shape index (κ3) is 5.69. The fraction of sp³-hybridized carbons (Fsp3) is 0.276. The van der Waals surface area contributed by atoms with Crippen molar-refractivity contribution < 1.29 is 26.4 Å². The van der Waals surface area contributed by atoms with Crippen molar-refractivity contribution in [2.24, 2.45) is 0 Å². The molecule has 12 heteroatoms. The van der Waals surface area contributed by atoms with Crippen molar-refractivity contribution in [3.8, 4) is 11.3 Å². The number of ketones is 1. The normalized spacial score (nSPS) is 13.7. The molecule has 5 rings (SSSR count). The molecule has 0 radical (unpaired) electrons. The van der Waals surface area contributed by atoms with Gasteiger partial charge < -0.3 is 5.32 Å². The van der Waals surface area contributed by atoms with Crippen molar-refractivity contribution in [1.29, 1.82) is 0 Å². The number of Topliss-reactive ketones (excluding diaryl/α,β-unsaturated/α-hetero) is 1. The molecule has 0 saturated carbocycles. The molecule has 0 fully saturated rings. The van der Waals surface area contributed by atoms with E-state index in [-0.39, 0.29) is 51.9 Å². The van der Waals surface area contributed by atoms with Gasteiger partial charge in [0.05, 0.1) is 35.1 Å². The summed E-state index contributed by atoms with van der Waals surface area (Å²) in [7, 11) is -4.18. The maximum atomic E-state index is 14.1. The summed E-state index contributed by atoms with van der Waals surface area (Å²) in [5.74, 6) is -0.163. The second kappa shape index (κ2) is 10.0. The SMILES string of the molecule is CC(=O)Cn1ccc(-c2ccc3c(c2)N(S(=O)(=O)c2ccc(C(C)(C)C)cc2)Cc2ccc(C(F)(F)F)nc2N3)n1. The fourth-order valence-corrected chi connectivity index (χ4v) is 6.01. The summed E-state index contributed by atoms with van der Waals surface area (Å²) in [5, 5.41) is 7.34. The zero-order valence-corrected chi connectivity index (χ0v) is 23.6. The molecule has 0 unspecified atom stereocenters. The first kappa shape index (κ1) is 28.3. The minimum absolute atomic E-state index is 0.0379. The number of hydrogen-bond acceptors (Lipinski definition) is 6. The topological polar surface area (TPSA) is 97.2 Å². The van der Waals surface area contributed by atoms with E-state index in [0.29, 0.717) is 11.3 Å². The van der Waals surface area contributed by atoms with E-state index in [1.165, 1.54) is 29.8 Å². The molecular formula is C29H28F3N5O3S. The van der Waals surface area contributed by atoms with Crippen LogP contribution in [-0.2, 0) is 39.5 Å². The number of anilines is 3. The van der Waals surface area contributed by atoms with Gasteiger partial charge in [-0.15, -0.1) is 0 Å². The standard InChI is InChI=1S/C29H28F3N5O3S/c1-18(38)16-36-14-13-23(35-36)19-5-11-24-25(15-19)37(17-20-6-12-26(29(30,31)32)34-27(20)33-24)41(39,40)22-9-7-21(8-10-22)28(2,3)4/h5-15H,16-17H2,1-4H3,(H,33,34). The Morgan fingerprint density at radius 1 is 1.00 bits per heavy atom. The quantitative estimate of drug-likeness (QED) is 0.296. The van der Waals surface area contributed by atoms with Crippen LogP contribution < -0.4 is 9.62 Å². The van der Waals surface area contributed by atoms with Crippen molar-refractivity contribution in [2.45, 2.75) is 57.3 Å². The molecular weight excluding hydrogens is 555 g/mol. The average Bonchev–Trinajstić information content (AvgIpc) is 3.27. The van der Waals surface area contributed by atoms with E-state index >= 15 is 0 Å². The van der Waals surface area contributed by atoms with Crippen LogP contribution in [0.15, 0.2) is 71.8 Å². The highest BCUT2D eigenvalue weighted by atomic mass is 32.2. The summed E-state index contributed by atoms with van der Waals surface area (Å²) in [6.45, 7) is 7.33. The first-order valence-corrected chi connectivity index (χ1v) is 14.2. The van der Waals surface area contributed by atoms with Crippen LogP contribution in [0.2, 0.25) is 0 Å². The first-order valence-electron chi connectivity index (χ1n) is 12.8. The monoisotopic (exact) mass is 583 g/mol. The molecule has 1 aliphatic rings. The summed E-state index contributed by atoms with van der Waals surface area (Å²) in [4.78, 5) is 15.3. The van der Waals surface area contributed by atoms with Gasteiger partial charge in [-0.1, -0.05) is 45.0 Å². The number of rotatable bonds is 5. The van der Waals surface area contributed by atoms with E-state index < -0.39 is 21.9 Å². The van der Waals surface area contributed by atoms with E-state index in [1.807, 2.05) is 20.8 Å². The van der Waals surface area contributed by atoms with Gasteiger partial charge in [0.25, 0.3) is 10.0 Å². The van der Waals surface area contributed by atoms with Gasteiger partial charge in [-0.2, -0.15) is 18.3 Å². The minimum Gasteiger partial charge on any atom is -0.338 e. The molecule has 0 atom stereocenters. The maximum absolute atomic E-state index is 14.1. The number of nitrogens with zero attached hydrogens (tertiary/aromatic N) is 4. The molecule has 1 N–H and O–H groups in total. The molecule has 41 heavy (non-hydrogen) atoms. The van der Waals surface area contributed by atoms with Crippen LogP contribution in [0.5, 0.6) is 0 Å². The summed E-state index contributed by atoms with van der Waals surface area (Å²) in [6.07, 6.45) is -3.03. The maximum Gasteiger partial charge on any atom is 0.433 e. The molecule has 3 heterocycles. The molecule has 0 saturated heterocycles. The lowest BCUT2D eigenvalue weighted by Gasteiger charge is -2.25. The number of nitrogens with one attached hydrogen (secondary N) is 1. The Hall–Kier alpha value is -4.19. The summed E-state index contributed by atoms with van der Waals surface area (Å²) in [5.41, 5.74) is 1.48. The molecule has 0 bridgehead atoms. The van der Waals surface area contributed by atoms with Gasteiger partial charge in [0.2, 0.25) is 0 Å². The van der Waals surface area contributed by atoms with Crippen LogP contribution in [0, 0.1) is 0 Å². The van der Waals surface area contributed by atoms with E-state index in [2.05, 4.69) is 15.4 Å². The summed E-state index contributed by atoms with van der Waals surface area (Å²) >= 11 is 0. The van der Waals surface area contributed by atoms with Crippen LogP contribution in [0.1, 0.15) is 44.5 Å². The summed E-state index contributed by atoms with van der Waals surface area (Å²) < 4.78 is 71.2. The Balaban J connectivity index is 1.64. The molecule has 4 aromatic rings. The Labute approximate surface area is 235 Å². The fourth-order valence-electron chi connectivity index (χ4n) is 4.55. The van der Waals surface area contributed by atoms with Crippen LogP contribution in [0.25, 0.3) is 11.3 Å².